The van der Waals surface area contributed by atoms with E-state index in [1.54, 1.807) is 23.9 Å². The third-order valence-corrected chi connectivity index (χ3v) is 7.59. The molecule has 0 saturated heterocycles. The highest BCUT2D eigenvalue weighted by Crippen LogP contribution is 2.40. The van der Waals surface area contributed by atoms with E-state index in [1.807, 2.05) is 0 Å². The Labute approximate surface area is 133 Å². The average Bonchev–Trinajstić information content (AvgIpc) is 2.89. The number of hydrogen-bond donors (Lipinski definition) is 2. The fourth-order valence-electron chi connectivity index (χ4n) is 2.50. The van der Waals surface area contributed by atoms with Crippen LogP contribution in [0.2, 0.25) is 0 Å². The number of benzene rings is 1. The Kier molecular flexibility index (Phi) is 5.05. The topological polar surface area (TPSA) is 72.2 Å². The van der Waals surface area contributed by atoms with Crippen molar-refractivity contribution in [2.45, 2.75) is 35.3 Å². The van der Waals surface area contributed by atoms with Gasteiger partial charge in [-0.25, -0.2) is 13.1 Å². The molecule has 3 N–H and O–H groups in total. The summed E-state index contributed by atoms with van der Waals surface area (Å²) in [6.45, 7) is 0.470. The number of sulfonamides is 1. The molecular weight excluding hydrogens is 360 g/mol. The van der Waals surface area contributed by atoms with Gasteiger partial charge in [-0.2, -0.15) is 11.8 Å². The van der Waals surface area contributed by atoms with Crippen LogP contribution >= 0.6 is 27.7 Å². The first-order valence-electron chi connectivity index (χ1n) is 6.48. The van der Waals surface area contributed by atoms with Gasteiger partial charge in [-0.05, 0) is 53.2 Å². The van der Waals surface area contributed by atoms with E-state index in [1.165, 1.54) is 18.9 Å². The van der Waals surface area contributed by atoms with Crippen LogP contribution in [0, 0.1) is 0 Å². The van der Waals surface area contributed by atoms with Crippen molar-refractivity contribution < 1.29 is 8.42 Å². The van der Waals surface area contributed by atoms with Crippen LogP contribution in [0.3, 0.4) is 0 Å². The SMILES string of the molecule is CSC1(CNS(=O)(=O)c2cc(N)ccc2Br)CCCC1. The second kappa shape index (κ2) is 6.25. The molecule has 1 aromatic carbocycles. The van der Waals surface area contributed by atoms with Gasteiger partial charge in [0.05, 0.1) is 4.90 Å². The Bertz CT molecular complexity index is 584. The van der Waals surface area contributed by atoms with Crippen molar-refractivity contribution in [2.24, 2.45) is 0 Å². The lowest BCUT2D eigenvalue weighted by molar-refractivity contribution is 0.551. The van der Waals surface area contributed by atoms with Crippen molar-refractivity contribution >= 4 is 43.4 Å². The number of nitrogen functional groups attached to an aromatic ring is 1. The summed E-state index contributed by atoms with van der Waals surface area (Å²) in [6, 6.07) is 4.81. The Morgan fingerprint density at radius 2 is 2.05 bits per heavy atom. The molecule has 0 radical (unpaired) electrons. The summed E-state index contributed by atoms with van der Waals surface area (Å²) in [7, 11) is -3.54. The molecule has 1 aromatic rings. The van der Waals surface area contributed by atoms with Gasteiger partial charge in [0, 0.05) is 21.5 Å². The first-order chi connectivity index (χ1) is 9.38. The van der Waals surface area contributed by atoms with E-state index in [-0.39, 0.29) is 9.64 Å². The van der Waals surface area contributed by atoms with Crippen LogP contribution in [0.15, 0.2) is 27.6 Å². The molecule has 0 amide bonds. The molecule has 1 fully saturated rings. The Morgan fingerprint density at radius 1 is 1.40 bits per heavy atom. The highest BCUT2D eigenvalue weighted by molar-refractivity contribution is 9.10. The molecule has 1 aliphatic carbocycles. The number of hydrogen-bond acceptors (Lipinski definition) is 4. The quantitative estimate of drug-likeness (QED) is 0.772. The van der Waals surface area contributed by atoms with E-state index in [0.717, 1.165) is 12.8 Å². The highest BCUT2D eigenvalue weighted by Gasteiger charge is 2.34. The van der Waals surface area contributed by atoms with Crippen molar-refractivity contribution in [1.29, 1.82) is 0 Å². The molecule has 0 aliphatic heterocycles. The van der Waals surface area contributed by atoms with Crippen LogP contribution in [0.25, 0.3) is 0 Å². The molecule has 1 saturated carbocycles. The number of halogens is 1. The zero-order valence-electron chi connectivity index (χ0n) is 11.4. The normalized spacial score (nSPS) is 18.3. The predicted octanol–water partition coefficient (Wildman–Crippen LogP) is 2.99. The lowest BCUT2D eigenvalue weighted by atomic mass is 10.1. The molecule has 0 spiro atoms. The van der Waals surface area contributed by atoms with Gasteiger partial charge >= 0.3 is 0 Å². The molecule has 112 valence electrons. The van der Waals surface area contributed by atoms with Gasteiger partial charge in [-0.15, -0.1) is 0 Å². The summed E-state index contributed by atoms with van der Waals surface area (Å²) in [6.07, 6.45) is 6.52. The summed E-state index contributed by atoms with van der Waals surface area (Å²) >= 11 is 5.03. The Morgan fingerprint density at radius 3 is 2.65 bits per heavy atom. The molecule has 0 bridgehead atoms. The first kappa shape index (κ1) is 16.1. The van der Waals surface area contributed by atoms with Crippen LogP contribution < -0.4 is 10.5 Å². The maximum Gasteiger partial charge on any atom is 0.241 e. The van der Waals surface area contributed by atoms with E-state index in [4.69, 9.17) is 5.73 Å². The summed E-state index contributed by atoms with van der Waals surface area (Å²) in [4.78, 5) is 0.201. The standard InChI is InChI=1S/C13H19BrN2O2S2/c1-19-13(6-2-3-7-13)9-16-20(17,18)12-8-10(15)4-5-11(12)14/h4-5,8,16H,2-3,6-7,9,15H2,1H3. The molecule has 0 heterocycles. The molecule has 4 nitrogen and oxygen atoms in total. The number of anilines is 1. The molecule has 0 atom stereocenters. The van der Waals surface area contributed by atoms with Crippen LogP contribution in [0.4, 0.5) is 5.69 Å². The summed E-state index contributed by atoms with van der Waals surface area (Å²) in [5.41, 5.74) is 6.12. The van der Waals surface area contributed by atoms with Crippen molar-refractivity contribution in [3.63, 3.8) is 0 Å². The first-order valence-corrected chi connectivity index (χ1v) is 9.98. The lowest BCUT2D eigenvalue weighted by Crippen LogP contribution is -2.38. The van der Waals surface area contributed by atoms with Crippen LogP contribution in [-0.4, -0.2) is 26.0 Å². The Balaban J connectivity index is 2.17. The molecule has 2 rings (SSSR count). The zero-order valence-corrected chi connectivity index (χ0v) is 14.6. The van der Waals surface area contributed by atoms with Crippen molar-refractivity contribution in [2.75, 3.05) is 18.5 Å². The van der Waals surface area contributed by atoms with Gasteiger partial charge in [0.25, 0.3) is 0 Å². The van der Waals surface area contributed by atoms with Gasteiger partial charge in [-0.1, -0.05) is 12.8 Å². The fourth-order valence-corrected chi connectivity index (χ4v) is 5.63. The summed E-state index contributed by atoms with van der Waals surface area (Å²) in [5, 5.41) is 0. The minimum atomic E-state index is -3.54. The number of thioether (sulfide) groups is 1. The van der Waals surface area contributed by atoms with E-state index in [2.05, 4.69) is 26.9 Å². The third kappa shape index (κ3) is 3.50. The minimum absolute atomic E-state index is 0.0415. The highest BCUT2D eigenvalue weighted by atomic mass is 79.9. The number of nitrogens with one attached hydrogen (secondary N) is 1. The Hall–Kier alpha value is -0.240. The van der Waals surface area contributed by atoms with E-state index in [9.17, 15) is 8.42 Å². The predicted molar refractivity (Wildman–Crippen MR) is 88.5 cm³/mol. The van der Waals surface area contributed by atoms with Gasteiger partial charge in [0.1, 0.15) is 0 Å². The fraction of sp³-hybridized carbons (Fsp3) is 0.538. The summed E-state index contributed by atoms with van der Waals surface area (Å²) in [5.74, 6) is 0. The van der Waals surface area contributed by atoms with Gasteiger partial charge in [-0.3, -0.25) is 0 Å². The van der Waals surface area contributed by atoms with Crippen LogP contribution in [-0.2, 0) is 10.0 Å². The van der Waals surface area contributed by atoms with Crippen LogP contribution in [0.1, 0.15) is 25.7 Å². The number of rotatable bonds is 5. The smallest absolute Gasteiger partial charge is 0.241 e. The second-order valence-corrected chi connectivity index (χ2v) is 8.97. The van der Waals surface area contributed by atoms with E-state index in [0.29, 0.717) is 16.7 Å². The molecule has 7 heteroatoms. The molecule has 0 aromatic heterocycles. The zero-order chi connectivity index (χ0) is 14.8. The van der Waals surface area contributed by atoms with Crippen molar-refractivity contribution in [3.05, 3.63) is 22.7 Å². The molecule has 1 aliphatic rings. The average molecular weight is 379 g/mol. The maximum atomic E-state index is 12.4. The third-order valence-electron chi connectivity index (χ3n) is 3.78. The summed E-state index contributed by atoms with van der Waals surface area (Å²) < 4.78 is 28.1. The monoisotopic (exact) mass is 378 g/mol. The van der Waals surface area contributed by atoms with Crippen molar-refractivity contribution in [3.8, 4) is 0 Å². The lowest BCUT2D eigenvalue weighted by Gasteiger charge is -2.26. The number of nitrogens with two attached hydrogens (primary N) is 1. The largest absolute Gasteiger partial charge is 0.399 e. The maximum absolute atomic E-state index is 12.4. The van der Waals surface area contributed by atoms with Gasteiger partial charge < -0.3 is 5.73 Å². The van der Waals surface area contributed by atoms with Gasteiger partial charge in [0.15, 0.2) is 0 Å². The van der Waals surface area contributed by atoms with Gasteiger partial charge in [0.2, 0.25) is 10.0 Å². The molecular formula is C13H19BrN2O2S2. The van der Waals surface area contributed by atoms with Crippen LogP contribution in [0.5, 0.6) is 0 Å². The van der Waals surface area contributed by atoms with Crippen molar-refractivity contribution in [1.82, 2.24) is 4.72 Å². The van der Waals surface area contributed by atoms with E-state index >= 15 is 0 Å². The second-order valence-electron chi connectivity index (χ2n) is 5.11. The molecule has 20 heavy (non-hydrogen) atoms. The molecule has 0 unspecified atom stereocenters. The van der Waals surface area contributed by atoms with E-state index < -0.39 is 10.0 Å². The minimum Gasteiger partial charge on any atom is -0.399 e.